The topological polar surface area (TPSA) is 58.1 Å². The van der Waals surface area contributed by atoms with E-state index in [1.807, 2.05) is 39.0 Å². The van der Waals surface area contributed by atoms with Crippen LogP contribution in [0.25, 0.3) is 11.0 Å². The summed E-state index contributed by atoms with van der Waals surface area (Å²) in [5.41, 5.74) is 2.68. The SMILES string of the molecule is CC(C)(C)S(=O)N=Cc1cccc2[nH]cnc12. The van der Waals surface area contributed by atoms with E-state index in [1.54, 1.807) is 12.5 Å². The van der Waals surface area contributed by atoms with E-state index in [2.05, 4.69) is 14.4 Å². The van der Waals surface area contributed by atoms with E-state index in [1.165, 1.54) is 0 Å². The summed E-state index contributed by atoms with van der Waals surface area (Å²) in [5.74, 6) is 0. The van der Waals surface area contributed by atoms with E-state index in [0.29, 0.717) is 0 Å². The molecule has 0 aliphatic rings. The zero-order valence-corrected chi connectivity index (χ0v) is 10.9. The quantitative estimate of drug-likeness (QED) is 0.831. The third-order valence-electron chi connectivity index (χ3n) is 2.29. The summed E-state index contributed by atoms with van der Waals surface area (Å²) >= 11 is 0. The molecule has 2 rings (SSSR count). The van der Waals surface area contributed by atoms with E-state index < -0.39 is 11.0 Å². The van der Waals surface area contributed by atoms with Crippen LogP contribution in [0.3, 0.4) is 0 Å². The number of nitrogens with zero attached hydrogens (tertiary/aromatic N) is 2. The van der Waals surface area contributed by atoms with Crippen molar-refractivity contribution in [3.8, 4) is 0 Å². The first kappa shape index (κ1) is 12.0. The molecule has 0 saturated heterocycles. The first-order valence-corrected chi connectivity index (χ1v) is 6.47. The third-order valence-corrected chi connectivity index (χ3v) is 3.64. The van der Waals surface area contributed by atoms with Gasteiger partial charge in [0.1, 0.15) is 11.0 Å². The number of aromatic amines is 1. The van der Waals surface area contributed by atoms with Gasteiger partial charge in [-0.15, -0.1) is 0 Å². The fraction of sp³-hybridized carbons (Fsp3) is 0.333. The van der Waals surface area contributed by atoms with E-state index in [9.17, 15) is 4.21 Å². The zero-order valence-electron chi connectivity index (χ0n) is 10.1. The Labute approximate surface area is 103 Å². The van der Waals surface area contributed by atoms with E-state index in [0.717, 1.165) is 16.6 Å². The Morgan fingerprint density at radius 1 is 1.41 bits per heavy atom. The molecule has 1 unspecified atom stereocenters. The summed E-state index contributed by atoms with van der Waals surface area (Å²) in [5, 5.41) is 0. The molecule has 17 heavy (non-hydrogen) atoms. The van der Waals surface area contributed by atoms with Gasteiger partial charge in [0.05, 0.1) is 22.1 Å². The van der Waals surface area contributed by atoms with E-state index in [-0.39, 0.29) is 4.75 Å². The number of fused-ring (bicyclic) bond motifs is 1. The van der Waals surface area contributed by atoms with Gasteiger partial charge in [0, 0.05) is 11.8 Å². The molecule has 2 aromatic rings. The van der Waals surface area contributed by atoms with Crippen LogP contribution >= 0.6 is 0 Å². The molecule has 0 bridgehead atoms. The summed E-state index contributed by atoms with van der Waals surface area (Å²) in [7, 11) is -1.24. The number of hydrogen-bond acceptors (Lipinski definition) is 2. The smallest absolute Gasteiger partial charge is 0.144 e. The van der Waals surface area contributed by atoms with Crippen LogP contribution in [0.1, 0.15) is 26.3 Å². The van der Waals surface area contributed by atoms with Crippen molar-refractivity contribution in [3.05, 3.63) is 30.1 Å². The minimum Gasteiger partial charge on any atom is -0.345 e. The lowest BCUT2D eigenvalue weighted by Crippen LogP contribution is -2.19. The zero-order chi connectivity index (χ0) is 12.5. The molecule has 0 amide bonds. The van der Waals surface area contributed by atoms with Crippen LogP contribution in [0.4, 0.5) is 0 Å². The van der Waals surface area contributed by atoms with Crippen LogP contribution < -0.4 is 0 Å². The van der Waals surface area contributed by atoms with Crippen molar-refractivity contribution in [2.24, 2.45) is 4.40 Å². The number of para-hydroxylation sites is 1. The molecule has 4 nitrogen and oxygen atoms in total. The summed E-state index contributed by atoms with van der Waals surface area (Å²) in [4.78, 5) is 7.24. The van der Waals surface area contributed by atoms with Crippen molar-refractivity contribution in [1.29, 1.82) is 0 Å². The molecule has 1 aromatic carbocycles. The Morgan fingerprint density at radius 2 is 2.18 bits per heavy atom. The van der Waals surface area contributed by atoms with Gasteiger partial charge in [0.15, 0.2) is 0 Å². The Morgan fingerprint density at radius 3 is 2.88 bits per heavy atom. The molecule has 5 heteroatoms. The molecule has 1 atom stereocenters. The van der Waals surface area contributed by atoms with Crippen LogP contribution in [-0.2, 0) is 11.0 Å². The molecule has 0 fully saturated rings. The van der Waals surface area contributed by atoms with Gasteiger partial charge in [-0.05, 0) is 26.8 Å². The fourth-order valence-electron chi connectivity index (χ4n) is 1.36. The van der Waals surface area contributed by atoms with Gasteiger partial charge >= 0.3 is 0 Å². The molecule has 0 spiro atoms. The average Bonchev–Trinajstić information content (AvgIpc) is 2.72. The van der Waals surface area contributed by atoms with Crippen LogP contribution in [0.15, 0.2) is 28.9 Å². The Kier molecular flexibility index (Phi) is 3.11. The minimum absolute atomic E-state index is 0.337. The van der Waals surface area contributed by atoms with Crippen molar-refractivity contribution >= 4 is 28.2 Å². The molecular weight excluding hydrogens is 234 g/mol. The van der Waals surface area contributed by atoms with Gasteiger partial charge in [0.25, 0.3) is 0 Å². The summed E-state index contributed by atoms with van der Waals surface area (Å²) in [6.45, 7) is 5.70. The number of benzene rings is 1. The minimum atomic E-state index is -1.24. The number of aromatic nitrogens is 2. The van der Waals surface area contributed by atoms with Crippen LogP contribution in [0, 0.1) is 0 Å². The normalized spacial score (nSPS) is 14.5. The second-order valence-corrected chi connectivity index (χ2v) is 6.68. The molecule has 1 N–H and O–H groups in total. The van der Waals surface area contributed by atoms with Crippen molar-refractivity contribution in [2.45, 2.75) is 25.5 Å². The predicted octanol–water partition coefficient (Wildman–Crippen LogP) is 2.44. The largest absolute Gasteiger partial charge is 0.345 e. The van der Waals surface area contributed by atoms with Gasteiger partial charge < -0.3 is 4.98 Å². The lowest BCUT2D eigenvalue weighted by molar-refractivity contribution is 0.651. The Hall–Kier alpha value is -1.49. The highest BCUT2D eigenvalue weighted by Gasteiger charge is 2.18. The molecule has 1 aromatic heterocycles. The lowest BCUT2D eigenvalue weighted by Gasteiger charge is -2.12. The monoisotopic (exact) mass is 249 g/mol. The van der Waals surface area contributed by atoms with Crippen LogP contribution in [0.5, 0.6) is 0 Å². The predicted molar refractivity (Wildman–Crippen MR) is 71.6 cm³/mol. The van der Waals surface area contributed by atoms with Crippen molar-refractivity contribution in [2.75, 3.05) is 0 Å². The molecule has 0 aliphatic carbocycles. The maximum absolute atomic E-state index is 11.8. The van der Waals surface area contributed by atoms with E-state index >= 15 is 0 Å². The van der Waals surface area contributed by atoms with E-state index in [4.69, 9.17) is 0 Å². The second kappa shape index (κ2) is 4.41. The van der Waals surface area contributed by atoms with Gasteiger partial charge in [0.2, 0.25) is 0 Å². The first-order chi connectivity index (χ1) is 7.98. The lowest BCUT2D eigenvalue weighted by atomic mass is 10.2. The maximum Gasteiger partial charge on any atom is 0.144 e. The van der Waals surface area contributed by atoms with Crippen molar-refractivity contribution in [1.82, 2.24) is 9.97 Å². The fourth-order valence-corrected chi connectivity index (χ4v) is 1.88. The first-order valence-electron chi connectivity index (χ1n) is 5.36. The van der Waals surface area contributed by atoms with Crippen molar-refractivity contribution < 1.29 is 4.21 Å². The highest BCUT2D eigenvalue weighted by molar-refractivity contribution is 7.85. The second-order valence-electron chi connectivity index (χ2n) is 4.74. The van der Waals surface area contributed by atoms with Gasteiger partial charge in [-0.3, -0.25) is 0 Å². The summed E-state index contributed by atoms with van der Waals surface area (Å²) in [6.07, 6.45) is 3.27. The third kappa shape index (κ3) is 2.61. The highest BCUT2D eigenvalue weighted by atomic mass is 32.2. The van der Waals surface area contributed by atoms with Crippen molar-refractivity contribution in [3.63, 3.8) is 0 Å². The standard InChI is InChI=1S/C12H15N3OS/c1-12(2,3)17(16)15-7-9-5-4-6-10-11(9)14-8-13-10/h4-8H,1-3H3,(H,13,14). The van der Waals surface area contributed by atoms with Crippen LogP contribution in [0.2, 0.25) is 0 Å². The summed E-state index contributed by atoms with van der Waals surface area (Å²) < 4.78 is 15.5. The Bertz CT molecular complexity index is 581. The molecular formula is C12H15N3OS. The average molecular weight is 249 g/mol. The van der Waals surface area contributed by atoms with Gasteiger partial charge in [-0.2, -0.15) is 4.40 Å². The van der Waals surface area contributed by atoms with Gasteiger partial charge in [-0.1, -0.05) is 12.1 Å². The molecule has 1 heterocycles. The molecule has 0 radical (unpaired) electrons. The van der Waals surface area contributed by atoms with Gasteiger partial charge in [-0.25, -0.2) is 9.19 Å². The number of H-pyrrole nitrogens is 1. The maximum atomic E-state index is 11.8. The Balaban J connectivity index is 2.33. The highest BCUT2D eigenvalue weighted by Crippen LogP contribution is 2.15. The number of hydrogen-bond donors (Lipinski definition) is 1. The number of imidazole rings is 1. The summed E-state index contributed by atoms with van der Waals surface area (Å²) in [6, 6.07) is 5.77. The number of nitrogens with one attached hydrogen (secondary N) is 1. The number of rotatable bonds is 2. The molecule has 90 valence electrons. The molecule has 0 saturated carbocycles. The van der Waals surface area contributed by atoms with Crippen LogP contribution in [-0.4, -0.2) is 25.1 Å². The molecule has 0 aliphatic heterocycles.